The van der Waals surface area contributed by atoms with Crippen LogP contribution in [0.1, 0.15) is 36.7 Å². The lowest BCUT2D eigenvalue weighted by atomic mass is 9.85. The molecule has 16 heavy (non-hydrogen) atoms. The summed E-state index contributed by atoms with van der Waals surface area (Å²) in [6, 6.07) is 0. The molecule has 0 radical (unpaired) electrons. The number of aryl methyl sites for hydroxylation is 1. The second kappa shape index (κ2) is 4.41. The normalized spacial score (nSPS) is 15.1. The molecule has 0 bridgehead atoms. The van der Waals surface area contributed by atoms with Crippen LogP contribution >= 0.6 is 0 Å². The third kappa shape index (κ3) is 1.82. The summed E-state index contributed by atoms with van der Waals surface area (Å²) in [5, 5.41) is 0. The molecule has 0 spiro atoms. The molecule has 1 aliphatic carbocycles. The van der Waals surface area contributed by atoms with Crippen LogP contribution in [0.25, 0.3) is 0 Å². The Kier molecular flexibility index (Phi) is 2.97. The van der Waals surface area contributed by atoms with Gasteiger partial charge >= 0.3 is 0 Å². The fourth-order valence-electron chi connectivity index (χ4n) is 1.73. The molecule has 1 heterocycles. The van der Waals surface area contributed by atoms with Crippen molar-refractivity contribution in [2.45, 2.75) is 32.1 Å². The average molecular weight is 219 g/mol. The first kappa shape index (κ1) is 10.8. The predicted octanol–water partition coefficient (Wildman–Crippen LogP) is 2.03. The minimum atomic E-state index is 0.359. The lowest BCUT2D eigenvalue weighted by Crippen LogP contribution is -2.13. The molecule has 0 atom stereocenters. The summed E-state index contributed by atoms with van der Waals surface area (Å²) in [5.74, 6) is 1.59. The largest absolute Gasteiger partial charge is 0.479 e. The van der Waals surface area contributed by atoms with Gasteiger partial charge in [-0.3, -0.25) is 0 Å². The third-order valence-corrected chi connectivity index (χ3v) is 2.86. The molecule has 1 aromatic rings. The summed E-state index contributed by atoms with van der Waals surface area (Å²) in [7, 11) is 1.51. The van der Waals surface area contributed by atoms with Crippen molar-refractivity contribution in [3.8, 4) is 5.88 Å². The molecule has 1 fully saturated rings. The fraction of sp³-hybridized carbons (Fsp3) is 0.545. The number of ether oxygens (including phenoxy) is 1. The number of isocyanates is 1. The molecule has 1 aromatic heterocycles. The van der Waals surface area contributed by atoms with Gasteiger partial charge in [-0.1, -0.05) is 6.42 Å². The van der Waals surface area contributed by atoms with Crippen LogP contribution in [0, 0.1) is 6.92 Å². The summed E-state index contributed by atoms with van der Waals surface area (Å²) in [4.78, 5) is 22.5. The van der Waals surface area contributed by atoms with Gasteiger partial charge in [-0.2, -0.15) is 9.98 Å². The van der Waals surface area contributed by atoms with Crippen LogP contribution in [0.3, 0.4) is 0 Å². The molecule has 5 nitrogen and oxygen atoms in total. The minimum absolute atomic E-state index is 0.359. The Morgan fingerprint density at radius 2 is 2.19 bits per heavy atom. The van der Waals surface area contributed by atoms with E-state index in [4.69, 9.17) is 4.74 Å². The van der Waals surface area contributed by atoms with Crippen molar-refractivity contribution in [1.29, 1.82) is 0 Å². The van der Waals surface area contributed by atoms with Gasteiger partial charge in [0.25, 0.3) is 0 Å². The maximum atomic E-state index is 10.3. The number of carbonyl (C=O) groups excluding carboxylic acids is 1. The summed E-state index contributed by atoms with van der Waals surface area (Å²) in [6.07, 6.45) is 4.96. The monoisotopic (exact) mass is 219 g/mol. The molecule has 0 amide bonds. The van der Waals surface area contributed by atoms with Gasteiger partial charge < -0.3 is 4.74 Å². The first-order valence-corrected chi connectivity index (χ1v) is 5.26. The van der Waals surface area contributed by atoms with E-state index < -0.39 is 0 Å². The Labute approximate surface area is 93.6 Å². The van der Waals surface area contributed by atoms with Gasteiger partial charge in [0.2, 0.25) is 12.0 Å². The van der Waals surface area contributed by atoms with Gasteiger partial charge in [0.15, 0.2) is 5.69 Å². The van der Waals surface area contributed by atoms with Crippen molar-refractivity contribution in [1.82, 2.24) is 9.97 Å². The van der Waals surface area contributed by atoms with Crippen LogP contribution < -0.4 is 4.74 Å². The molecule has 84 valence electrons. The topological polar surface area (TPSA) is 64.4 Å². The van der Waals surface area contributed by atoms with Crippen LogP contribution in [-0.2, 0) is 4.79 Å². The maximum absolute atomic E-state index is 10.3. The van der Waals surface area contributed by atoms with E-state index in [1.807, 2.05) is 0 Å². The highest BCUT2D eigenvalue weighted by molar-refractivity contribution is 5.57. The van der Waals surface area contributed by atoms with Crippen LogP contribution in [0.15, 0.2) is 4.99 Å². The Hall–Kier alpha value is -1.74. The molecule has 1 saturated carbocycles. The number of hydrogen-bond acceptors (Lipinski definition) is 5. The van der Waals surface area contributed by atoms with Gasteiger partial charge in [-0.05, 0) is 19.8 Å². The quantitative estimate of drug-likeness (QED) is 0.576. The highest BCUT2D eigenvalue weighted by Crippen LogP contribution is 2.37. The van der Waals surface area contributed by atoms with E-state index in [0.29, 0.717) is 23.2 Å². The smallest absolute Gasteiger partial charge is 0.244 e. The molecule has 0 unspecified atom stereocenters. The zero-order chi connectivity index (χ0) is 11.5. The summed E-state index contributed by atoms with van der Waals surface area (Å²) in [6.45, 7) is 1.79. The average Bonchev–Trinajstić information content (AvgIpc) is 2.19. The van der Waals surface area contributed by atoms with Crippen LogP contribution in [-0.4, -0.2) is 23.2 Å². The van der Waals surface area contributed by atoms with Crippen molar-refractivity contribution in [3.63, 3.8) is 0 Å². The van der Waals surface area contributed by atoms with Crippen molar-refractivity contribution < 1.29 is 9.53 Å². The molecule has 0 aromatic carbocycles. The molecule has 2 rings (SSSR count). The van der Waals surface area contributed by atoms with Crippen LogP contribution in [0.4, 0.5) is 5.69 Å². The Balaban J connectivity index is 2.44. The highest BCUT2D eigenvalue weighted by atomic mass is 16.5. The standard InChI is InChI=1S/C11H13N3O2/c1-7-9(12-6-15)11(16-2)14-10(13-7)8-4-3-5-8/h8H,3-5H2,1-2H3. The van der Waals surface area contributed by atoms with Gasteiger partial charge in [-0.25, -0.2) is 9.78 Å². The SMILES string of the molecule is COc1nc(C2CCC2)nc(C)c1N=C=O. The zero-order valence-corrected chi connectivity index (χ0v) is 9.36. The van der Waals surface area contributed by atoms with Crippen molar-refractivity contribution in [2.24, 2.45) is 4.99 Å². The van der Waals surface area contributed by atoms with Crippen molar-refractivity contribution in [3.05, 3.63) is 11.5 Å². The second-order valence-electron chi connectivity index (χ2n) is 3.86. The zero-order valence-electron chi connectivity index (χ0n) is 9.36. The van der Waals surface area contributed by atoms with E-state index in [2.05, 4.69) is 15.0 Å². The Morgan fingerprint density at radius 1 is 1.44 bits per heavy atom. The van der Waals surface area contributed by atoms with E-state index >= 15 is 0 Å². The maximum Gasteiger partial charge on any atom is 0.244 e. The van der Waals surface area contributed by atoms with Crippen molar-refractivity contribution in [2.75, 3.05) is 7.11 Å². The number of nitrogens with zero attached hydrogens (tertiary/aromatic N) is 3. The van der Waals surface area contributed by atoms with Gasteiger partial charge in [-0.15, -0.1) is 0 Å². The Bertz CT molecular complexity index is 449. The molecule has 1 aliphatic rings. The number of aromatic nitrogens is 2. The number of hydrogen-bond donors (Lipinski definition) is 0. The van der Waals surface area contributed by atoms with Crippen molar-refractivity contribution >= 4 is 11.8 Å². The molecule has 5 heteroatoms. The first-order valence-electron chi connectivity index (χ1n) is 5.26. The third-order valence-electron chi connectivity index (χ3n) is 2.86. The number of aliphatic imine (C=N–C) groups is 1. The first-order chi connectivity index (χ1) is 7.76. The van der Waals surface area contributed by atoms with Gasteiger partial charge in [0.05, 0.1) is 12.8 Å². The molecule has 0 aliphatic heterocycles. The van der Waals surface area contributed by atoms with Gasteiger partial charge in [0, 0.05) is 5.92 Å². The van der Waals surface area contributed by atoms with Gasteiger partial charge in [0.1, 0.15) is 5.82 Å². The molecule has 0 N–H and O–H groups in total. The fourth-order valence-corrected chi connectivity index (χ4v) is 1.73. The number of rotatable bonds is 3. The van der Waals surface area contributed by atoms with E-state index in [-0.39, 0.29) is 0 Å². The summed E-state index contributed by atoms with van der Waals surface area (Å²) < 4.78 is 5.11. The van der Waals surface area contributed by atoms with E-state index in [1.165, 1.54) is 19.6 Å². The lowest BCUT2D eigenvalue weighted by molar-refractivity contribution is 0.372. The summed E-state index contributed by atoms with van der Waals surface area (Å²) in [5.41, 5.74) is 1.04. The lowest BCUT2D eigenvalue weighted by Gasteiger charge is -2.24. The highest BCUT2D eigenvalue weighted by Gasteiger charge is 2.24. The molecular formula is C11H13N3O2. The Morgan fingerprint density at radius 3 is 2.69 bits per heavy atom. The molecular weight excluding hydrogens is 206 g/mol. The second-order valence-corrected chi connectivity index (χ2v) is 3.86. The minimum Gasteiger partial charge on any atom is -0.479 e. The van der Waals surface area contributed by atoms with Crippen LogP contribution in [0.2, 0.25) is 0 Å². The van der Waals surface area contributed by atoms with E-state index in [9.17, 15) is 4.79 Å². The van der Waals surface area contributed by atoms with E-state index in [0.717, 1.165) is 18.7 Å². The van der Waals surface area contributed by atoms with E-state index in [1.54, 1.807) is 6.92 Å². The molecule has 0 saturated heterocycles. The predicted molar refractivity (Wildman–Crippen MR) is 57.7 cm³/mol. The number of methoxy groups -OCH3 is 1. The summed E-state index contributed by atoms with van der Waals surface area (Å²) >= 11 is 0. The van der Waals surface area contributed by atoms with Crippen LogP contribution in [0.5, 0.6) is 5.88 Å².